The van der Waals surface area contributed by atoms with Crippen LogP contribution >= 0.6 is 0 Å². The second-order valence-corrected chi connectivity index (χ2v) is 4.59. The van der Waals surface area contributed by atoms with Gasteiger partial charge in [0.25, 0.3) is 0 Å². The number of hydrogen-bond donors (Lipinski definition) is 2. The van der Waals surface area contributed by atoms with E-state index in [1.807, 2.05) is 35.9 Å². The van der Waals surface area contributed by atoms with Crippen LogP contribution in [0, 0.1) is 18.8 Å². The zero-order valence-electron chi connectivity index (χ0n) is 11.8. The number of carbonyl (C=O) groups is 1. The molecule has 1 aromatic carbocycles. The van der Waals surface area contributed by atoms with Gasteiger partial charge in [0.05, 0.1) is 6.33 Å². The van der Waals surface area contributed by atoms with Gasteiger partial charge in [-0.1, -0.05) is 17.9 Å². The van der Waals surface area contributed by atoms with E-state index in [4.69, 9.17) is 5.11 Å². The van der Waals surface area contributed by atoms with Gasteiger partial charge in [0.1, 0.15) is 6.61 Å². The fraction of sp³-hybridized carbons (Fsp3) is 0.250. The van der Waals surface area contributed by atoms with Crippen LogP contribution in [-0.2, 0) is 11.3 Å². The first kappa shape index (κ1) is 14.8. The average Bonchev–Trinajstić information content (AvgIpc) is 2.99. The molecule has 5 heteroatoms. The largest absolute Gasteiger partial charge is 0.384 e. The summed E-state index contributed by atoms with van der Waals surface area (Å²) in [4.78, 5) is 15.9. The van der Waals surface area contributed by atoms with Crippen molar-refractivity contribution < 1.29 is 9.90 Å². The summed E-state index contributed by atoms with van der Waals surface area (Å²) >= 11 is 0. The van der Waals surface area contributed by atoms with E-state index in [1.165, 1.54) is 0 Å². The van der Waals surface area contributed by atoms with Crippen molar-refractivity contribution in [1.82, 2.24) is 9.55 Å². The molecule has 0 radical (unpaired) electrons. The number of nitrogens with zero attached hydrogens (tertiary/aromatic N) is 2. The molecular weight excluding hydrogens is 266 g/mol. The van der Waals surface area contributed by atoms with Gasteiger partial charge >= 0.3 is 0 Å². The summed E-state index contributed by atoms with van der Waals surface area (Å²) in [5, 5.41) is 11.6. The Morgan fingerprint density at radius 3 is 3.05 bits per heavy atom. The first-order valence-electron chi connectivity index (χ1n) is 6.65. The molecule has 0 aliphatic heterocycles. The van der Waals surface area contributed by atoms with E-state index in [-0.39, 0.29) is 12.5 Å². The van der Waals surface area contributed by atoms with Crippen molar-refractivity contribution >= 4 is 11.6 Å². The number of anilines is 1. The third-order valence-corrected chi connectivity index (χ3v) is 2.98. The molecule has 0 aliphatic carbocycles. The lowest BCUT2D eigenvalue weighted by molar-refractivity contribution is -0.116. The minimum absolute atomic E-state index is 0.0564. The zero-order chi connectivity index (χ0) is 15.1. The molecule has 1 heterocycles. The van der Waals surface area contributed by atoms with Crippen LogP contribution in [0.5, 0.6) is 0 Å². The van der Waals surface area contributed by atoms with Gasteiger partial charge in [-0.15, -0.1) is 0 Å². The van der Waals surface area contributed by atoms with Gasteiger partial charge in [-0.25, -0.2) is 4.98 Å². The number of aryl methyl sites for hydroxylation is 2. The van der Waals surface area contributed by atoms with E-state index in [1.54, 1.807) is 12.5 Å². The minimum atomic E-state index is -0.180. The third-order valence-electron chi connectivity index (χ3n) is 2.98. The van der Waals surface area contributed by atoms with Gasteiger partial charge < -0.3 is 15.0 Å². The van der Waals surface area contributed by atoms with Crippen LogP contribution < -0.4 is 5.32 Å². The number of hydrogen-bond acceptors (Lipinski definition) is 3. The second kappa shape index (κ2) is 7.27. The highest BCUT2D eigenvalue weighted by Crippen LogP contribution is 2.16. The number of rotatable bonds is 4. The van der Waals surface area contributed by atoms with Crippen LogP contribution in [0.1, 0.15) is 17.5 Å². The van der Waals surface area contributed by atoms with Gasteiger partial charge in [-0.05, 0) is 24.6 Å². The smallest absolute Gasteiger partial charge is 0.226 e. The average molecular weight is 283 g/mol. The van der Waals surface area contributed by atoms with Gasteiger partial charge in [0, 0.05) is 36.6 Å². The van der Waals surface area contributed by atoms with E-state index in [2.05, 4.69) is 22.1 Å². The molecule has 2 aromatic rings. The summed E-state index contributed by atoms with van der Waals surface area (Å²) in [6, 6.07) is 5.57. The normalized spacial score (nSPS) is 9.81. The number of imidazole rings is 1. The molecule has 0 bridgehead atoms. The number of nitrogens with one attached hydrogen (secondary N) is 1. The van der Waals surface area contributed by atoms with E-state index in [9.17, 15) is 4.79 Å². The molecule has 0 spiro atoms. The fourth-order valence-electron chi connectivity index (χ4n) is 1.84. The van der Waals surface area contributed by atoms with Crippen LogP contribution in [0.4, 0.5) is 5.69 Å². The van der Waals surface area contributed by atoms with Crippen molar-refractivity contribution in [2.24, 2.45) is 0 Å². The van der Waals surface area contributed by atoms with Crippen LogP contribution in [0.2, 0.25) is 0 Å². The predicted octanol–water partition coefficient (Wildman–Crippen LogP) is 1.56. The lowest BCUT2D eigenvalue weighted by Gasteiger charge is -2.09. The Bertz CT molecular complexity index is 667. The number of aliphatic hydroxyl groups excluding tert-OH is 1. The highest BCUT2D eigenvalue weighted by molar-refractivity contribution is 5.91. The van der Waals surface area contributed by atoms with E-state index < -0.39 is 0 Å². The molecule has 2 N–H and O–H groups in total. The molecular formula is C16H17N3O2. The first-order valence-corrected chi connectivity index (χ1v) is 6.65. The summed E-state index contributed by atoms with van der Waals surface area (Å²) in [6.07, 6.45) is 5.57. The monoisotopic (exact) mass is 283 g/mol. The zero-order valence-corrected chi connectivity index (χ0v) is 11.8. The molecule has 0 atom stereocenters. The van der Waals surface area contributed by atoms with Crippen LogP contribution in [-0.4, -0.2) is 27.2 Å². The highest BCUT2D eigenvalue weighted by atomic mass is 16.2. The quantitative estimate of drug-likeness (QED) is 0.837. The molecule has 5 nitrogen and oxygen atoms in total. The van der Waals surface area contributed by atoms with E-state index >= 15 is 0 Å². The van der Waals surface area contributed by atoms with Crippen molar-refractivity contribution in [3.8, 4) is 11.8 Å². The van der Waals surface area contributed by atoms with E-state index in [0.717, 1.165) is 16.8 Å². The van der Waals surface area contributed by atoms with Crippen molar-refractivity contribution in [1.29, 1.82) is 0 Å². The summed E-state index contributed by atoms with van der Waals surface area (Å²) in [7, 11) is 0. The van der Waals surface area contributed by atoms with Gasteiger partial charge in [0.15, 0.2) is 0 Å². The van der Waals surface area contributed by atoms with Crippen molar-refractivity contribution in [3.63, 3.8) is 0 Å². The molecule has 0 saturated carbocycles. The van der Waals surface area contributed by atoms with Crippen molar-refractivity contribution in [2.45, 2.75) is 19.9 Å². The van der Waals surface area contributed by atoms with E-state index in [0.29, 0.717) is 13.0 Å². The molecule has 1 amide bonds. The molecule has 108 valence electrons. The number of amides is 1. The van der Waals surface area contributed by atoms with Gasteiger partial charge in [0.2, 0.25) is 5.91 Å². The Morgan fingerprint density at radius 1 is 1.48 bits per heavy atom. The summed E-state index contributed by atoms with van der Waals surface area (Å²) in [6.45, 7) is 2.34. The lowest BCUT2D eigenvalue weighted by atomic mass is 10.1. The first-order chi connectivity index (χ1) is 10.2. The van der Waals surface area contributed by atoms with Crippen LogP contribution in [0.15, 0.2) is 36.9 Å². The Labute approximate surface area is 123 Å². The SMILES string of the molecule is Cc1ccc(C#CCO)cc1NC(=O)CCn1ccnc1. The lowest BCUT2D eigenvalue weighted by Crippen LogP contribution is -2.14. The Morgan fingerprint density at radius 2 is 2.33 bits per heavy atom. The Hall–Kier alpha value is -2.58. The topological polar surface area (TPSA) is 67.2 Å². The standard InChI is InChI=1S/C16H17N3O2/c1-13-4-5-14(3-2-10-20)11-15(13)18-16(21)6-8-19-9-7-17-12-19/h4-5,7,9,11-12,20H,6,8,10H2,1H3,(H,18,21). The van der Waals surface area contributed by atoms with Gasteiger partial charge in [-0.2, -0.15) is 0 Å². The minimum Gasteiger partial charge on any atom is -0.384 e. The highest BCUT2D eigenvalue weighted by Gasteiger charge is 2.05. The molecule has 2 rings (SSSR count). The van der Waals surface area contributed by atoms with Crippen molar-refractivity contribution in [3.05, 3.63) is 48.0 Å². The molecule has 0 fully saturated rings. The number of carbonyl (C=O) groups excluding carboxylic acids is 1. The predicted molar refractivity (Wildman–Crippen MR) is 80.6 cm³/mol. The maximum absolute atomic E-state index is 12.0. The molecule has 21 heavy (non-hydrogen) atoms. The fourth-order valence-corrected chi connectivity index (χ4v) is 1.84. The van der Waals surface area contributed by atoms with Crippen LogP contribution in [0.25, 0.3) is 0 Å². The van der Waals surface area contributed by atoms with Crippen molar-refractivity contribution in [2.75, 3.05) is 11.9 Å². The Balaban J connectivity index is 1.99. The maximum atomic E-state index is 12.0. The molecule has 1 aromatic heterocycles. The summed E-state index contributed by atoms with van der Waals surface area (Å²) < 4.78 is 1.86. The third kappa shape index (κ3) is 4.48. The van der Waals surface area contributed by atoms with Gasteiger partial charge in [-0.3, -0.25) is 4.79 Å². The summed E-state index contributed by atoms with van der Waals surface area (Å²) in [5.41, 5.74) is 2.48. The molecule has 0 aliphatic rings. The summed E-state index contributed by atoms with van der Waals surface area (Å²) in [5.74, 6) is 5.36. The Kier molecular flexibility index (Phi) is 5.13. The molecule has 0 saturated heterocycles. The number of benzene rings is 1. The van der Waals surface area contributed by atoms with Crippen LogP contribution in [0.3, 0.4) is 0 Å². The molecule has 0 unspecified atom stereocenters. The second-order valence-electron chi connectivity index (χ2n) is 4.59. The maximum Gasteiger partial charge on any atom is 0.226 e. The number of aromatic nitrogens is 2. The number of aliphatic hydroxyl groups is 1.